The molecule has 1 fully saturated rings. The Balaban J connectivity index is 1.44. The van der Waals surface area contributed by atoms with E-state index in [4.69, 9.17) is 15.2 Å². The van der Waals surface area contributed by atoms with Crippen LogP contribution in [0.5, 0.6) is 11.5 Å². The van der Waals surface area contributed by atoms with Gasteiger partial charge in [-0.15, -0.1) is 0 Å². The van der Waals surface area contributed by atoms with Crippen molar-refractivity contribution in [1.82, 2.24) is 4.90 Å². The Bertz CT molecular complexity index is 569. The van der Waals surface area contributed by atoms with E-state index in [-0.39, 0.29) is 0 Å². The van der Waals surface area contributed by atoms with Crippen LogP contribution in [-0.2, 0) is 0 Å². The maximum absolute atomic E-state index is 6.01. The molecular formula is C19H30N4O2. The second kappa shape index (κ2) is 9.51. The van der Waals surface area contributed by atoms with E-state index in [0.29, 0.717) is 19.2 Å². The standard InChI is InChI=1S/C19H30N4O2/c20-19(21-9-5-12-23-10-3-1-2-4-11-23)22-16-7-8-17-18(15-16)25-14-6-13-24-17/h7-8,15H,1-6,9-14H2,(H3,20,21,22). The van der Waals surface area contributed by atoms with Crippen molar-refractivity contribution in [2.24, 2.45) is 10.7 Å². The predicted octanol–water partition coefficient (Wildman–Crippen LogP) is 2.84. The van der Waals surface area contributed by atoms with Crippen LogP contribution in [0.4, 0.5) is 5.69 Å². The fourth-order valence-corrected chi connectivity index (χ4v) is 3.28. The molecule has 2 heterocycles. The van der Waals surface area contributed by atoms with E-state index in [2.05, 4.69) is 15.2 Å². The minimum atomic E-state index is 0.449. The lowest BCUT2D eigenvalue weighted by Gasteiger charge is -2.18. The lowest BCUT2D eigenvalue weighted by Crippen LogP contribution is -2.27. The van der Waals surface area contributed by atoms with E-state index in [1.807, 2.05) is 18.2 Å². The Labute approximate surface area is 150 Å². The molecule has 1 aromatic carbocycles. The first-order valence-electron chi connectivity index (χ1n) is 9.50. The maximum Gasteiger partial charge on any atom is 0.193 e. The molecule has 0 saturated carbocycles. The minimum absolute atomic E-state index is 0.449. The van der Waals surface area contributed by atoms with Gasteiger partial charge in [-0.05, 0) is 51.0 Å². The van der Waals surface area contributed by atoms with Crippen molar-refractivity contribution in [2.45, 2.75) is 38.5 Å². The summed E-state index contributed by atoms with van der Waals surface area (Å²) in [7, 11) is 0. The van der Waals surface area contributed by atoms with E-state index in [0.717, 1.165) is 43.1 Å². The van der Waals surface area contributed by atoms with Gasteiger partial charge < -0.3 is 25.4 Å². The largest absolute Gasteiger partial charge is 0.490 e. The number of nitrogens with zero attached hydrogens (tertiary/aromatic N) is 2. The van der Waals surface area contributed by atoms with Gasteiger partial charge in [-0.1, -0.05) is 12.8 Å². The molecule has 0 aliphatic carbocycles. The van der Waals surface area contributed by atoms with Crippen molar-refractivity contribution >= 4 is 11.6 Å². The van der Waals surface area contributed by atoms with Crippen molar-refractivity contribution in [3.05, 3.63) is 18.2 Å². The summed E-state index contributed by atoms with van der Waals surface area (Å²) in [5.74, 6) is 2.00. The molecule has 2 aliphatic heterocycles. The van der Waals surface area contributed by atoms with Crippen molar-refractivity contribution in [1.29, 1.82) is 0 Å². The van der Waals surface area contributed by atoms with Gasteiger partial charge in [0.2, 0.25) is 0 Å². The van der Waals surface area contributed by atoms with Crippen LogP contribution in [0.1, 0.15) is 38.5 Å². The summed E-state index contributed by atoms with van der Waals surface area (Å²) in [6.45, 7) is 5.70. The number of hydrogen-bond donors (Lipinski definition) is 2. The Morgan fingerprint density at radius 2 is 1.80 bits per heavy atom. The predicted molar refractivity (Wildman–Crippen MR) is 102 cm³/mol. The third-order valence-electron chi connectivity index (χ3n) is 4.63. The van der Waals surface area contributed by atoms with Crippen molar-refractivity contribution < 1.29 is 9.47 Å². The van der Waals surface area contributed by atoms with Gasteiger partial charge in [-0.2, -0.15) is 0 Å². The maximum atomic E-state index is 6.01. The first-order valence-corrected chi connectivity index (χ1v) is 9.50. The van der Waals surface area contributed by atoms with Crippen LogP contribution in [0, 0.1) is 0 Å². The summed E-state index contributed by atoms with van der Waals surface area (Å²) in [6.07, 6.45) is 7.36. The van der Waals surface area contributed by atoms with Crippen molar-refractivity contribution in [3.63, 3.8) is 0 Å². The molecule has 1 aromatic rings. The Kier molecular flexibility index (Phi) is 6.79. The average Bonchev–Trinajstić information content (AvgIpc) is 3.01. The number of hydrogen-bond acceptors (Lipinski definition) is 4. The van der Waals surface area contributed by atoms with Crippen LogP contribution in [0.3, 0.4) is 0 Å². The Hall–Kier alpha value is -1.95. The highest BCUT2D eigenvalue weighted by Crippen LogP contribution is 2.32. The fourth-order valence-electron chi connectivity index (χ4n) is 3.28. The lowest BCUT2D eigenvalue weighted by atomic mass is 10.2. The van der Waals surface area contributed by atoms with Crippen LogP contribution in [-0.4, -0.2) is 50.3 Å². The number of nitrogens with one attached hydrogen (secondary N) is 1. The number of guanidine groups is 1. The summed E-state index contributed by atoms with van der Waals surface area (Å²) >= 11 is 0. The van der Waals surface area contributed by atoms with E-state index >= 15 is 0 Å². The molecule has 6 heteroatoms. The third-order valence-corrected chi connectivity index (χ3v) is 4.63. The molecule has 0 spiro atoms. The monoisotopic (exact) mass is 346 g/mol. The molecule has 0 aromatic heterocycles. The number of nitrogens with two attached hydrogens (primary N) is 1. The number of anilines is 1. The molecule has 6 nitrogen and oxygen atoms in total. The average molecular weight is 346 g/mol. The third kappa shape index (κ3) is 5.81. The summed E-state index contributed by atoms with van der Waals surface area (Å²) in [5, 5.41) is 3.14. The lowest BCUT2D eigenvalue weighted by molar-refractivity contribution is 0.283. The summed E-state index contributed by atoms with van der Waals surface area (Å²) in [6, 6.07) is 5.77. The molecule has 1 saturated heterocycles. The van der Waals surface area contributed by atoms with E-state index in [1.165, 1.54) is 38.8 Å². The highest BCUT2D eigenvalue weighted by atomic mass is 16.5. The molecule has 0 unspecified atom stereocenters. The van der Waals surface area contributed by atoms with E-state index in [1.54, 1.807) is 0 Å². The van der Waals surface area contributed by atoms with Crippen LogP contribution in [0.2, 0.25) is 0 Å². The number of likely N-dealkylation sites (tertiary alicyclic amines) is 1. The number of benzene rings is 1. The second-order valence-electron chi connectivity index (χ2n) is 6.71. The van der Waals surface area contributed by atoms with E-state index < -0.39 is 0 Å². The molecule has 25 heavy (non-hydrogen) atoms. The number of rotatable bonds is 5. The Morgan fingerprint density at radius 3 is 2.60 bits per heavy atom. The van der Waals surface area contributed by atoms with Crippen molar-refractivity contribution in [3.8, 4) is 11.5 Å². The first-order chi connectivity index (χ1) is 12.3. The zero-order valence-electron chi connectivity index (χ0n) is 15.0. The smallest absolute Gasteiger partial charge is 0.193 e. The van der Waals surface area contributed by atoms with E-state index in [9.17, 15) is 0 Å². The quantitative estimate of drug-likeness (QED) is 0.487. The van der Waals surface area contributed by atoms with Gasteiger partial charge in [0.1, 0.15) is 0 Å². The zero-order valence-corrected chi connectivity index (χ0v) is 15.0. The number of aliphatic imine (C=N–C) groups is 1. The van der Waals surface area contributed by atoms with Crippen LogP contribution < -0.4 is 20.5 Å². The van der Waals surface area contributed by atoms with Crippen molar-refractivity contribution in [2.75, 3.05) is 44.7 Å². The SMILES string of the molecule is NC(=NCCCN1CCCCCC1)Nc1ccc2c(c1)OCCCO2. The molecular weight excluding hydrogens is 316 g/mol. The van der Waals surface area contributed by atoms with Crippen LogP contribution in [0.15, 0.2) is 23.2 Å². The van der Waals surface area contributed by atoms with Crippen LogP contribution in [0.25, 0.3) is 0 Å². The summed E-state index contributed by atoms with van der Waals surface area (Å²) in [4.78, 5) is 6.99. The summed E-state index contributed by atoms with van der Waals surface area (Å²) in [5.41, 5.74) is 6.88. The van der Waals surface area contributed by atoms with Gasteiger partial charge in [0.15, 0.2) is 17.5 Å². The molecule has 0 amide bonds. The molecule has 0 radical (unpaired) electrons. The molecule has 3 N–H and O–H groups in total. The second-order valence-corrected chi connectivity index (χ2v) is 6.71. The van der Waals surface area contributed by atoms with Gasteiger partial charge in [-0.3, -0.25) is 4.99 Å². The topological polar surface area (TPSA) is 72.1 Å². The molecule has 138 valence electrons. The molecule has 0 bridgehead atoms. The fraction of sp³-hybridized carbons (Fsp3) is 0.632. The summed E-state index contributed by atoms with van der Waals surface area (Å²) < 4.78 is 11.3. The van der Waals surface area contributed by atoms with Gasteiger partial charge in [-0.25, -0.2) is 0 Å². The normalized spacial score (nSPS) is 19.1. The molecule has 3 rings (SSSR count). The minimum Gasteiger partial charge on any atom is -0.490 e. The highest BCUT2D eigenvalue weighted by Gasteiger charge is 2.11. The van der Waals surface area contributed by atoms with Gasteiger partial charge in [0.25, 0.3) is 0 Å². The van der Waals surface area contributed by atoms with Gasteiger partial charge in [0, 0.05) is 24.7 Å². The van der Waals surface area contributed by atoms with Crippen LogP contribution >= 0.6 is 0 Å². The molecule has 0 atom stereocenters. The highest BCUT2D eigenvalue weighted by molar-refractivity contribution is 5.92. The van der Waals surface area contributed by atoms with Gasteiger partial charge in [0.05, 0.1) is 13.2 Å². The number of ether oxygens (including phenoxy) is 2. The number of fused-ring (bicyclic) bond motifs is 1. The molecule has 2 aliphatic rings. The Morgan fingerprint density at radius 1 is 1.04 bits per heavy atom. The first kappa shape index (κ1) is 17.9. The zero-order chi connectivity index (χ0) is 17.3. The van der Waals surface area contributed by atoms with Gasteiger partial charge >= 0.3 is 0 Å².